The highest BCUT2D eigenvalue weighted by molar-refractivity contribution is 7.98. The summed E-state index contributed by atoms with van der Waals surface area (Å²) in [5.74, 6) is 0.977. The number of thiazole rings is 1. The maximum absolute atomic E-state index is 13.1. The lowest BCUT2D eigenvalue weighted by Gasteiger charge is -2.37. The van der Waals surface area contributed by atoms with Crippen molar-refractivity contribution in [3.63, 3.8) is 0 Å². The number of amides is 1. The molecule has 0 unspecified atom stereocenters. The van der Waals surface area contributed by atoms with Crippen LogP contribution in [0.15, 0.2) is 65.1 Å². The highest BCUT2D eigenvalue weighted by Crippen LogP contribution is 2.32. The van der Waals surface area contributed by atoms with Gasteiger partial charge < -0.3 is 14.4 Å². The average Bonchev–Trinajstić information content (AvgIpc) is 3.70. The van der Waals surface area contributed by atoms with Crippen molar-refractivity contribution >= 4 is 29.0 Å². The van der Waals surface area contributed by atoms with Crippen molar-refractivity contribution in [1.82, 2.24) is 24.6 Å². The molecule has 4 aromatic rings. The van der Waals surface area contributed by atoms with Gasteiger partial charge in [-0.3, -0.25) is 9.36 Å². The summed E-state index contributed by atoms with van der Waals surface area (Å²) >= 11 is 3.10. The summed E-state index contributed by atoms with van der Waals surface area (Å²) in [6.45, 7) is 4.59. The zero-order valence-corrected chi connectivity index (χ0v) is 22.8. The highest BCUT2D eigenvalue weighted by atomic mass is 32.2. The fraction of sp³-hybridized carbons (Fsp3) is 0.357. The van der Waals surface area contributed by atoms with Crippen LogP contribution in [0.2, 0.25) is 0 Å². The first-order valence-electron chi connectivity index (χ1n) is 12.8. The molecule has 8 nitrogen and oxygen atoms in total. The summed E-state index contributed by atoms with van der Waals surface area (Å²) in [6.07, 6.45) is 2.09. The second kappa shape index (κ2) is 11.0. The first kappa shape index (κ1) is 25.2. The number of hydrogen-bond acceptors (Lipinski definition) is 8. The van der Waals surface area contributed by atoms with Crippen molar-refractivity contribution in [2.24, 2.45) is 0 Å². The zero-order valence-electron chi connectivity index (χ0n) is 21.2. The molecule has 6 rings (SSSR count). The molecule has 2 fully saturated rings. The summed E-state index contributed by atoms with van der Waals surface area (Å²) in [7, 11) is 0. The number of hydrogen-bond donors (Lipinski definition) is 0. The molecule has 0 bridgehead atoms. The third-order valence-corrected chi connectivity index (χ3v) is 8.96. The Morgan fingerprint density at radius 3 is 2.53 bits per heavy atom. The molecule has 2 aromatic heterocycles. The Hall–Kier alpha value is -3.05. The number of rotatable bonds is 7. The van der Waals surface area contributed by atoms with E-state index in [2.05, 4.69) is 50.9 Å². The molecule has 4 heterocycles. The molecule has 0 saturated carbocycles. The van der Waals surface area contributed by atoms with E-state index in [0.717, 1.165) is 27.2 Å². The molecule has 0 N–H and O–H groups in total. The summed E-state index contributed by atoms with van der Waals surface area (Å²) in [4.78, 5) is 19.6. The fourth-order valence-electron chi connectivity index (χ4n) is 4.94. The van der Waals surface area contributed by atoms with Crippen molar-refractivity contribution in [3.8, 4) is 5.69 Å². The maximum Gasteiger partial charge on any atom is 0.273 e. The number of para-hydroxylation sites is 1. The Kier molecular flexibility index (Phi) is 7.29. The van der Waals surface area contributed by atoms with E-state index in [-0.39, 0.29) is 5.91 Å². The molecular formula is C28H29N5O3S2. The van der Waals surface area contributed by atoms with E-state index in [1.165, 1.54) is 16.9 Å². The molecule has 0 radical (unpaired) electrons. The van der Waals surface area contributed by atoms with E-state index in [4.69, 9.17) is 9.47 Å². The van der Waals surface area contributed by atoms with Crippen LogP contribution in [0.4, 0.5) is 0 Å². The lowest BCUT2D eigenvalue weighted by molar-refractivity contribution is -0.181. The topological polar surface area (TPSA) is 82.4 Å². The van der Waals surface area contributed by atoms with Gasteiger partial charge in [-0.1, -0.05) is 60.3 Å². The molecular weight excluding hydrogens is 518 g/mol. The molecule has 2 saturated heterocycles. The maximum atomic E-state index is 13.1. The molecule has 1 amide bonds. The van der Waals surface area contributed by atoms with Gasteiger partial charge in [0.15, 0.2) is 10.9 Å². The van der Waals surface area contributed by atoms with Gasteiger partial charge in [-0.2, -0.15) is 0 Å². The average molecular weight is 548 g/mol. The van der Waals surface area contributed by atoms with E-state index < -0.39 is 5.79 Å². The van der Waals surface area contributed by atoms with Crippen LogP contribution in [-0.4, -0.2) is 62.6 Å². The first-order valence-corrected chi connectivity index (χ1v) is 14.7. The third kappa shape index (κ3) is 5.26. The number of thioether (sulfide) groups is 1. The molecule has 0 aliphatic carbocycles. The van der Waals surface area contributed by atoms with Crippen LogP contribution in [-0.2, 0) is 21.6 Å². The van der Waals surface area contributed by atoms with Crippen LogP contribution in [0.3, 0.4) is 0 Å². The fourth-order valence-corrected chi connectivity index (χ4v) is 6.69. The van der Waals surface area contributed by atoms with Crippen molar-refractivity contribution in [2.45, 2.75) is 42.9 Å². The molecule has 0 atom stereocenters. The van der Waals surface area contributed by atoms with Gasteiger partial charge >= 0.3 is 0 Å². The van der Waals surface area contributed by atoms with Crippen molar-refractivity contribution in [2.75, 3.05) is 26.3 Å². The largest absolute Gasteiger partial charge is 0.347 e. The molecule has 38 heavy (non-hydrogen) atoms. The Bertz CT molecular complexity index is 1400. The predicted molar refractivity (Wildman–Crippen MR) is 147 cm³/mol. The van der Waals surface area contributed by atoms with Crippen molar-refractivity contribution in [1.29, 1.82) is 0 Å². The van der Waals surface area contributed by atoms with Crippen LogP contribution in [0, 0.1) is 6.92 Å². The molecule has 2 aliphatic heterocycles. The lowest BCUT2D eigenvalue weighted by Crippen LogP contribution is -2.47. The van der Waals surface area contributed by atoms with Gasteiger partial charge in [0.1, 0.15) is 16.5 Å². The summed E-state index contributed by atoms with van der Waals surface area (Å²) in [5, 5.41) is 12.7. The Balaban J connectivity index is 1.16. The summed E-state index contributed by atoms with van der Waals surface area (Å²) in [6, 6.07) is 18.6. The van der Waals surface area contributed by atoms with E-state index >= 15 is 0 Å². The molecule has 2 aromatic carbocycles. The Labute approximate surface area is 230 Å². The highest BCUT2D eigenvalue weighted by Gasteiger charge is 2.41. The minimum atomic E-state index is -0.493. The van der Waals surface area contributed by atoms with E-state index in [0.29, 0.717) is 57.0 Å². The second-order valence-electron chi connectivity index (χ2n) is 9.50. The number of likely N-dealkylation sites (tertiary alicyclic amines) is 1. The van der Waals surface area contributed by atoms with Gasteiger partial charge in [0, 0.05) is 37.7 Å². The number of carbonyl (C=O) groups excluding carboxylic acids is 1. The van der Waals surface area contributed by atoms with Gasteiger partial charge in [0.2, 0.25) is 0 Å². The smallest absolute Gasteiger partial charge is 0.273 e. The minimum Gasteiger partial charge on any atom is -0.347 e. The molecule has 10 heteroatoms. The normalized spacial score (nSPS) is 16.8. The molecule has 196 valence electrons. The van der Waals surface area contributed by atoms with Crippen molar-refractivity contribution in [3.05, 3.63) is 87.6 Å². The SMILES string of the molecule is Cc1ccccc1-n1c(Cc2ccccc2)nnc1SCc1nc(C(=O)N2CCC3(CC2)OCCO3)cs1. The third-order valence-electron chi connectivity index (χ3n) is 6.98. The number of aryl methyl sites for hydroxylation is 1. The number of piperidine rings is 1. The van der Waals surface area contributed by atoms with Crippen LogP contribution in [0.1, 0.15) is 45.3 Å². The number of ether oxygens (including phenoxy) is 2. The Morgan fingerprint density at radius 1 is 1.03 bits per heavy atom. The van der Waals surface area contributed by atoms with Gasteiger partial charge in [-0.15, -0.1) is 21.5 Å². The van der Waals surface area contributed by atoms with E-state index in [1.54, 1.807) is 11.8 Å². The van der Waals surface area contributed by atoms with Crippen LogP contribution in [0.25, 0.3) is 5.69 Å². The Morgan fingerprint density at radius 2 is 1.76 bits per heavy atom. The quantitative estimate of drug-likeness (QED) is 0.305. The van der Waals surface area contributed by atoms with Crippen LogP contribution >= 0.6 is 23.1 Å². The zero-order chi connectivity index (χ0) is 26.0. The van der Waals surface area contributed by atoms with Gasteiger partial charge in [0.05, 0.1) is 24.7 Å². The minimum absolute atomic E-state index is 0.0291. The summed E-state index contributed by atoms with van der Waals surface area (Å²) < 4.78 is 13.7. The summed E-state index contributed by atoms with van der Waals surface area (Å²) in [5.41, 5.74) is 3.91. The number of nitrogens with zero attached hydrogens (tertiary/aromatic N) is 5. The van der Waals surface area contributed by atoms with Gasteiger partial charge in [-0.25, -0.2) is 4.98 Å². The standard InChI is InChI=1S/C28H29N5O3S2/c1-20-7-5-6-10-23(20)33-24(17-21-8-3-2-4-9-21)30-31-27(33)38-19-25-29-22(18-37-25)26(34)32-13-11-28(12-14-32)35-15-16-36-28/h2-10,18H,11-17,19H2,1H3. The van der Waals surface area contributed by atoms with E-state index in [9.17, 15) is 4.79 Å². The van der Waals surface area contributed by atoms with Gasteiger partial charge in [0.25, 0.3) is 5.91 Å². The van der Waals surface area contributed by atoms with Crippen LogP contribution < -0.4 is 0 Å². The van der Waals surface area contributed by atoms with E-state index in [1.807, 2.05) is 40.6 Å². The van der Waals surface area contributed by atoms with Crippen LogP contribution in [0.5, 0.6) is 0 Å². The lowest BCUT2D eigenvalue weighted by atomic mass is 10.0. The van der Waals surface area contributed by atoms with Gasteiger partial charge in [-0.05, 0) is 24.1 Å². The number of carbonyl (C=O) groups is 1. The molecule has 2 aliphatic rings. The van der Waals surface area contributed by atoms with Crippen molar-refractivity contribution < 1.29 is 14.3 Å². The number of aromatic nitrogens is 4. The molecule has 1 spiro atoms. The second-order valence-corrected chi connectivity index (χ2v) is 11.4. The number of benzene rings is 2. The monoisotopic (exact) mass is 547 g/mol. The first-order chi connectivity index (χ1) is 18.6. The predicted octanol–water partition coefficient (Wildman–Crippen LogP) is 4.89.